The zero-order chi connectivity index (χ0) is 19.1. The molecule has 2 nitrogen and oxygen atoms in total. The lowest BCUT2D eigenvalue weighted by atomic mass is 10.1. The second kappa shape index (κ2) is 9.21. The van der Waals surface area contributed by atoms with Crippen molar-refractivity contribution in [3.8, 4) is 0 Å². The van der Waals surface area contributed by atoms with Crippen LogP contribution in [0.15, 0.2) is 72.8 Å². The maximum atomic E-state index is 9.73. The number of benzene rings is 3. The highest BCUT2D eigenvalue weighted by Crippen LogP contribution is 2.35. The Morgan fingerprint density at radius 3 is 1.23 bits per heavy atom. The van der Waals surface area contributed by atoms with Crippen LogP contribution in [0.3, 0.4) is 0 Å². The standard InChI is InChI=1S/C22H23NO.C2H6/c1-16-4-10-20(11-5-16)23(21-12-6-17(2)7-13-21)22-14-8-19(9-15-22)18(3)24;1-2/h4-15,18,24H,1-3H3;1-2H3. The van der Waals surface area contributed by atoms with Crippen LogP contribution in [0, 0.1) is 13.8 Å². The van der Waals surface area contributed by atoms with Crippen LogP contribution in [0.2, 0.25) is 0 Å². The molecule has 0 radical (unpaired) electrons. The summed E-state index contributed by atoms with van der Waals surface area (Å²) in [6.45, 7) is 9.97. The maximum Gasteiger partial charge on any atom is 0.0761 e. The molecule has 1 atom stereocenters. The fourth-order valence-corrected chi connectivity index (χ4v) is 2.74. The summed E-state index contributed by atoms with van der Waals surface area (Å²) in [6, 6.07) is 25.1. The molecule has 0 aliphatic carbocycles. The molecular formula is C24H29NO. The monoisotopic (exact) mass is 347 g/mol. The van der Waals surface area contributed by atoms with Crippen LogP contribution in [0.4, 0.5) is 17.1 Å². The summed E-state index contributed by atoms with van der Waals surface area (Å²) in [7, 11) is 0. The third-order valence-corrected chi connectivity index (χ3v) is 4.22. The van der Waals surface area contributed by atoms with Crippen LogP contribution in [-0.4, -0.2) is 5.11 Å². The van der Waals surface area contributed by atoms with Gasteiger partial charge in [-0.05, 0) is 62.7 Å². The molecule has 0 heterocycles. The van der Waals surface area contributed by atoms with Crippen molar-refractivity contribution in [2.75, 3.05) is 4.90 Å². The lowest BCUT2D eigenvalue weighted by molar-refractivity contribution is 0.199. The van der Waals surface area contributed by atoms with Gasteiger partial charge in [-0.1, -0.05) is 61.4 Å². The zero-order valence-electron chi connectivity index (χ0n) is 16.4. The summed E-state index contributed by atoms with van der Waals surface area (Å²) >= 11 is 0. The van der Waals surface area contributed by atoms with Crippen molar-refractivity contribution in [1.29, 1.82) is 0 Å². The van der Waals surface area contributed by atoms with Crippen molar-refractivity contribution < 1.29 is 5.11 Å². The Morgan fingerprint density at radius 1 is 0.615 bits per heavy atom. The highest BCUT2D eigenvalue weighted by molar-refractivity contribution is 5.76. The van der Waals surface area contributed by atoms with Gasteiger partial charge in [-0.3, -0.25) is 0 Å². The molecule has 1 N–H and O–H groups in total. The molecule has 0 amide bonds. The number of nitrogens with zero attached hydrogens (tertiary/aromatic N) is 1. The van der Waals surface area contributed by atoms with E-state index in [4.69, 9.17) is 0 Å². The van der Waals surface area contributed by atoms with Gasteiger partial charge >= 0.3 is 0 Å². The zero-order valence-corrected chi connectivity index (χ0v) is 16.4. The smallest absolute Gasteiger partial charge is 0.0761 e. The van der Waals surface area contributed by atoms with E-state index in [2.05, 4.69) is 79.4 Å². The average molecular weight is 348 g/mol. The first kappa shape index (κ1) is 19.7. The highest BCUT2D eigenvalue weighted by atomic mass is 16.3. The normalized spacial score (nSPS) is 11.3. The Labute approximate surface area is 157 Å². The van der Waals surface area contributed by atoms with E-state index in [1.807, 2.05) is 26.0 Å². The predicted molar refractivity (Wildman–Crippen MR) is 113 cm³/mol. The number of hydrogen-bond donors (Lipinski definition) is 1. The number of hydrogen-bond acceptors (Lipinski definition) is 2. The molecule has 0 spiro atoms. The molecule has 3 aromatic carbocycles. The lowest BCUT2D eigenvalue weighted by Gasteiger charge is -2.26. The molecule has 26 heavy (non-hydrogen) atoms. The van der Waals surface area contributed by atoms with Crippen LogP contribution in [0.1, 0.15) is 43.6 Å². The van der Waals surface area contributed by atoms with Gasteiger partial charge in [0, 0.05) is 17.1 Å². The summed E-state index contributed by atoms with van der Waals surface area (Å²) in [5, 5.41) is 9.73. The highest BCUT2D eigenvalue weighted by Gasteiger charge is 2.12. The average Bonchev–Trinajstić information content (AvgIpc) is 2.67. The van der Waals surface area contributed by atoms with Gasteiger partial charge in [0.05, 0.1) is 6.10 Å². The van der Waals surface area contributed by atoms with E-state index >= 15 is 0 Å². The summed E-state index contributed by atoms with van der Waals surface area (Å²) < 4.78 is 0. The van der Waals surface area contributed by atoms with E-state index in [1.165, 1.54) is 11.1 Å². The lowest BCUT2D eigenvalue weighted by Crippen LogP contribution is -2.10. The van der Waals surface area contributed by atoms with E-state index in [0.717, 1.165) is 22.6 Å². The van der Waals surface area contributed by atoms with Gasteiger partial charge in [0.2, 0.25) is 0 Å². The van der Waals surface area contributed by atoms with Gasteiger partial charge in [-0.15, -0.1) is 0 Å². The number of anilines is 3. The number of aliphatic hydroxyl groups excluding tert-OH is 1. The van der Waals surface area contributed by atoms with Gasteiger partial charge in [-0.25, -0.2) is 0 Å². The van der Waals surface area contributed by atoms with E-state index in [1.54, 1.807) is 6.92 Å². The molecule has 0 aliphatic heterocycles. The van der Waals surface area contributed by atoms with Crippen molar-refractivity contribution in [2.24, 2.45) is 0 Å². The number of aliphatic hydroxyl groups is 1. The van der Waals surface area contributed by atoms with Crippen LogP contribution < -0.4 is 4.90 Å². The second-order valence-electron chi connectivity index (χ2n) is 6.27. The van der Waals surface area contributed by atoms with E-state index in [0.29, 0.717) is 0 Å². The largest absolute Gasteiger partial charge is 0.389 e. The molecule has 0 saturated carbocycles. The Bertz CT molecular complexity index is 742. The minimum atomic E-state index is -0.453. The van der Waals surface area contributed by atoms with Crippen molar-refractivity contribution in [1.82, 2.24) is 0 Å². The number of rotatable bonds is 4. The van der Waals surface area contributed by atoms with Crippen molar-refractivity contribution in [3.63, 3.8) is 0 Å². The third kappa shape index (κ3) is 4.74. The topological polar surface area (TPSA) is 23.5 Å². The first-order chi connectivity index (χ1) is 12.5. The summed E-state index contributed by atoms with van der Waals surface area (Å²) in [6.07, 6.45) is -0.453. The summed E-state index contributed by atoms with van der Waals surface area (Å²) in [5.41, 5.74) is 6.72. The fourth-order valence-electron chi connectivity index (χ4n) is 2.74. The Hall–Kier alpha value is -2.58. The van der Waals surface area contributed by atoms with Crippen LogP contribution in [-0.2, 0) is 0 Å². The van der Waals surface area contributed by atoms with Gasteiger partial charge in [0.25, 0.3) is 0 Å². The SMILES string of the molecule is CC.Cc1ccc(N(c2ccc(C)cc2)c2ccc(C(C)O)cc2)cc1. The van der Waals surface area contributed by atoms with Crippen molar-refractivity contribution >= 4 is 17.1 Å². The molecule has 0 fully saturated rings. The summed E-state index contributed by atoms with van der Waals surface area (Å²) in [4.78, 5) is 2.23. The fraction of sp³-hybridized carbons (Fsp3) is 0.250. The van der Waals surface area contributed by atoms with Gasteiger partial charge in [-0.2, -0.15) is 0 Å². The third-order valence-electron chi connectivity index (χ3n) is 4.22. The molecule has 3 aromatic rings. The van der Waals surface area contributed by atoms with Crippen molar-refractivity contribution in [3.05, 3.63) is 89.5 Å². The van der Waals surface area contributed by atoms with Crippen LogP contribution >= 0.6 is 0 Å². The molecule has 0 aromatic heterocycles. The summed E-state index contributed by atoms with van der Waals surface area (Å²) in [5.74, 6) is 0. The van der Waals surface area contributed by atoms with Gasteiger partial charge in [0.1, 0.15) is 0 Å². The first-order valence-corrected chi connectivity index (χ1v) is 9.26. The predicted octanol–water partition coefficient (Wildman–Crippen LogP) is 6.85. The van der Waals surface area contributed by atoms with Gasteiger partial charge in [0.15, 0.2) is 0 Å². The Balaban J connectivity index is 0.00000117. The maximum absolute atomic E-state index is 9.73. The van der Waals surface area contributed by atoms with E-state index in [-0.39, 0.29) is 0 Å². The molecule has 1 unspecified atom stereocenters. The second-order valence-corrected chi connectivity index (χ2v) is 6.27. The number of aryl methyl sites for hydroxylation is 2. The first-order valence-electron chi connectivity index (χ1n) is 9.26. The molecule has 3 rings (SSSR count). The molecule has 0 saturated heterocycles. The van der Waals surface area contributed by atoms with E-state index < -0.39 is 6.10 Å². The van der Waals surface area contributed by atoms with Gasteiger partial charge < -0.3 is 10.0 Å². The quantitative estimate of drug-likeness (QED) is 0.557. The molecular weight excluding hydrogens is 318 g/mol. The molecule has 2 heteroatoms. The Kier molecular flexibility index (Phi) is 6.99. The molecule has 0 bridgehead atoms. The van der Waals surface area contributed by atoms with Crippen LogP contribution in [0.5, 0.6) is 0 Å². The van der Waals surface area contributed by atoms with E-state index in [9.17, 15) is 5.11 Å². The van der Waals surface area contributed by atoms with Crippen LogP contribution in [0.25, 0.3) is 0 Å². The molecule has 0 aliphatic rings. The Morgan fingerprint density at radius 2 is 0.923 bits per heavy atom. The van der Waals surface area contributed by atoms with Crippen molar-refractivity contribution in [2.45, 2.75) is 40.7 Å². The molecule has 136 valence electrons. The minimum Gasteiger partial charge on any atom is -0.389 e. The minimum absolute atomic E-state index is 0.453.